The molecule has 0 N–H and O–H groups in total. The number of imide groups is 1. The summed E-state index contributed by atoms with van der Waals surface area (Å²) in [6.45, 7) is 3.14. The second-order valence-corrected chi connectivity index (χ2v) is 7.51. The van der Waals surface area contributed by atoms with Crippen LogP contribution >= 0.6 is 0 Å². The summed E-state index contributed by atoms with van der Waals surface area (Å²) in [4.78, 5) is 55.3. The second-order valence-electron chi connectivity index (χ2n) is 7.51. The minimum Gasteiger partial charge on any atom is -0.458 e. The summed E-state index contributed by atoms with van der Waals surface area (Å²) in [7, 11) is 0. The van der Waals surface area contributed by atoms with Crippen molar-refractivity contribution in [3.8, 4) is 0 Å². The molecule has 2 aliphatic rings. The van der Waals surface area contributed by atoms with Crippen LogP contribution in [0.2, 0.25) is 0 Å². The third-order valence-corrected chi connectivity index (χ3v) is 5.49. The van der Waals surface area contributed by atoms with Gasteiger partial charge in [0.15, 0.2) is 0 Å². The van der Waals surface area contributed by atoms with E-state index in [1.807, 2.05) is 25.1 Å². The van der Waals surface area contributed by atoms with Crippen LogP contribution in [0.5, 0.6) is 0 Å². The maximum Gasteiger partial charge on any atom is 0.329 e. The Morgan fingerprint density at radius 3 is 2.48 bits per heavy atom. The number of fused-ring (bicyclic) bond motifs is 2. The van der Waals surface area contributed by atoms with Gasteiger partial charge in [-0.2, -0.15) is 0 Å². The van der Waals surface area contributed by atoms with E-state index in [0.717, 1.165) is 10.5 Å². The van der Waals surface area contributed by atoms with E-state index in [0.29, 0.717) is 24.2 Å². The maximum atomic E-state index is 12.6. The molecule has 29 heavy (non-hydrogen) atoms. The van der Waals surface area contributed by atoms with Crippen LogP contribution < -0.4 is 5.56 Å². The smallest absolute Gasteiger partial charge is 0.329 e. The van der Waals surface area contributed by atoms with E-state index in [1.54, 1.807) is 12.3 Å². The molecule has 1 aliphatic carbocycles. The molecule has 8 nitrogen and oxygen atoms in total. The van der Waals surface area contributed by atoms with Gasteiger partial charge >= 0.3 is 5.97 Å². The molecular weight excluding hydrogens is 374 g/mol. The van der Waals surface area contributed by atoms with Crippen molar-refractivity contribution in [2.45, 2.75) is 39.3 Å². The summed E-state index contributed by atoms with van der Waals surface area (Å²) in [6.07, 6.45) is 6.49. The third kappa shape index (κ3) is 3.35. The predicted molar refractivity (Wildman–Crippen MR) is 103 cm³/mol. The van der Waals surface area contributed by atoms with E-state index in [1.165, 1.54) is 17.4 Å². The number of nitrogens with zero attached hydrogens (tertiary/aromatic N) is 3. The highest BCUT2D eigenvalue weighted by molar-refractivity contribution is 6.08. The average molecular weight is 395 g/mol. The first-order chi connectivity index (χ1) is 13.9. The normalized spacial score (nSPS) is 22.1. The van der Waals surface area contributed by atoms with Crippen molar-refractivity contribution < 1.29 is 19.1 Å². The number of amides is 2. The largest absolute Gasteiger partial charge is 0.458 e. The van der Waals surface area contributed by atoms with Crippen molar-refractivity contribution in [2.75, 3.05) is 0 Å². The molecule has 4 rings (SSSR count). The molecule has 1 fully saturated rings. The zero-order valence-electron chi connectivity index (χ0n) is 16.2. The molecule has 0 bridgehead atoms. The predicted octanol–water partition coefficient (Wildman–Crippen LogP) is 1.39. The van der Waals surface area contributed by atoms with Crippen molar-refractivity contribution >= 4 is 23.4 Å². The van der Waals surface area contributed by atoms with Gasteiger partial charge in [-0.05, 0) is 38.3 Å². The first-order valence-electron chi connectivity index (χ1n) is 9.54. The van der Waals surface area contributed by atoms with Crippen LogP contribution in [0.15, 0.2) is 41.3 Å². The number of ether oxygens (including phenoxy) is 1. The SMILES string of the molecule is Cc1ccc2nc(COC(=O)[C@H](C)N3C(=O)[C@@H]4CC=CC[C@H]4C3=O)cc(=O)n2c1. The molecule has 1 aliphatic heterocycles. The number of aromatic nitrogens is 2. The number of allylic oxidation sites excluding steroid dienone is 2. The van der Waals surface area contributed by atoms with Crippen molar-refractivity contribution in [3.63, 3.8) is 0 Å². The maximum absolute atomic E-state index is 12.6. The molecule has 0 spiro atoms. The average Bonchev–Trinajstić information content (AvgIpc) is 2.97. The Bertz CT molecular complexity index is 1080. The number of aryl methyl sites for hydroxylation is 1. The van der Waals surface area contributed by atoms with E-state index in [2.05, 4.69) is 4.98 Å². The summed E-state index contributed by atoms with van der Waals surface area (Å²) in [5.74, 6) is -2.15. The van der Waals surface area contributed by atoms with Crippen LogP contribution in [0, 0.1) is 18.8 Å². The van der Waals surface area contributed by atoms with E-state index < -0.39 is 23.8 Å². The van der Waals surface area contributed by atoms with Gasteiger partial charge in [-0.1, -0.05) is 18.2 Å². The third-order valence-electron chi connectivity index (χ3n) is 5.49. The van der Waals surface area contributed by atoms with Crippen molar-refractivity contribution in [1.29, 1.82) is 0 Å². The second kappa shape index (κ2) is 7.27. The van der Waals surface area contributed by atoms with E-state index in [-0.39, 0.29) is 24.0 Å². The highest BCUT2D eigenvalue weighted by atomic mass is 16.5. The monoisotopic (exact) mass is 395 g/mol. The zero-order valence-corrected chi connectivity index (χ0v) is 16.2. The lowest BCUT2D eigenvalue weighted by molar-refractivity contribution is -0.159. The van der Waals surface area contributed by atoms with Gasteiger partial charge in [0, 0.05) is 12.3 Å². The van der Waals surface area contributed by atoms with Crippen LogP contribution in [0.4, 0.5) is 0 Å². The van der Waals surface area contributed by atoms with Crippen molar-refractivity contribution in [1.82, 2.24) is 14.3 Å². The van der Waals surface area contributed by atoms with Gasteiger partial charge in [-0.15, -0.1) is 0 Å². The van der Waals surface area contributed by atoms with Crippen molar-refractivity contribution in [2.24, 2.45) is 11.8 Å². The molecule has 0 aromatic carbocycles. The van der Waals surface area contributed by atoms with E-state index in [9.17, 15) is 19.2 Å². The minimum atomic E-state index is -1.02. The highest BCUT2D eigenvalue weighted by Crippen LogP contribution is 2.36. The van der Waals surface area contributed by atoms with Crippen LogP contribution in [0.25, 0.3) is 5.65 Å². The number of hydrogen-bond acceptors (Lipinski definition) is 6. The topological polar surface area (TPSA) is 98.0 Å². The van der Waals surface area contributed by atoms with Crippen LogP contribution in [0.1, 0.15) is 31.0 Å². The lowest BCUT2D eigenvalue weighted by Gasteiger charge is -2.21. The Hall–Kier alpha value is -3.29. The summed E-state index contributed by atoms with van der Waals surface area (Å²) < 4.78 is 6.69. The number of pyridine rings is 1. The summed E-state index contributed by atoms with van der Waals surface area (Å²) in [5.41, 5.74) is 1.39. The summed E-state index contributed by atoms with van der Waals surface area (Å²) >= 11 is 0. The molecule has 0 unspecified atom stereocenters. The number of carbonyl (C=O) groups is 3. The molecule has 150 valence electrons. The lowest BCUT2D eigenvalue weighted by atomic mass is 9.85. The van der Waals surface area contributed by atoms with Crippen LogP contribution in [0.3, 0.4) is 0 Å². The number of carbonyl (C=O) groups excluding carboxylic acids is 3. The van der Waals surface area contributed by atoms with Crippen LogP contribution in [-0.4, -0.2) is 38.1 Å². The Kier molecular flexibility index (Phi) is 4.77. The molecular formula is C21H21N3O5. The highest BCUT2D eigenvalue weighted by Gasteiger charge is 2.50. The van der Waals surface area contributed by atoms with Gasteiger partial charge in [0.05, 0.1) is 17.5 Å². The molecule has 2 aromatic rings. The van der Waals surface area contributed by atoms with E-state index in [4.69, 9.17) is 4.74 Å². The minimum absolute atomic E-state index is 0.215. The van der Waals surface area contributed by atoms with Gasteiger partial charge in [-0.3, -0.25) is 23.7 Å². The van der Waals surface area contributed by atoms with Crippen molar-refractivity contribution in [3.05, 3.63) is 58.2 Å². The molecule has 2 aromatic heterocycles. The van der Waals surface area contributed by atoms with Gasteiger partial charge in [0.1, 0.15) is 18.3 Å². The van der Waals surface area contributed by atoms with Crippen LogP contribution in [-0.2, 0) is 25.7 Å². The fourth-order valence-electron chi connectivity index (χ4n) is 3.91. The van der Waals surface area contributed by atoms with Gasteiger partial charge in [-0.25, -0.2) is 9.78 Å². The molecule has 8 heteroatoms. The Morgan fingerprint density at radius 1 is 1.17 bits per heavy atom. The molecule has 2 amide bonds. The zero-order chi connectivity index (χ0) is 20.7. The lowest BCUT2D eigenvalue weighted by Crippen LogP contribution is -2.44. The van der Waals surface area contributed by atoms with Gasteiger partial charge in [0.25, 0.3) is 5.56 Å². The standard InChI is InChI=1S/C21H21N3O5/c1-12-7-8-17-22-14(9-18(25)23(17)10-12)11-29-21(28)13(2)24-19(26)15-5-3-4-6-16(15)20(24)27/h3-4,7-10,13,15-16H,5-6,11H2,1-2H3/t13-,15+,16+/m0/s1. The molecule has 0 radical (unpaired) electrons. The number of hydrogen-bond donors (Lipinski definition) is 0. The quantitative estimate of drug-likeness (QED) is 0.441. The molecule has 0 saturated carbocycles. The first kappa shape index (κ1) is 19.0. The number of likely N-dealkylation sites (tertiary alicyclic amines) is 1. The number of rotatable bonds is 4. The summed E-state index contributed by atoms with van der Waals surface area (Å²) in [5, 5.41) is 0. The van der Waals surface area contributed by atoms with Gasteiger partial charge in [0.2, 0.25) is 11.8 Å². The number of esters is 1. The fourth-order valence-corrected chi connectivity index (χ4v) is 3.91. The molecule has 1 saturated heterocycles. The Morgan fingerprint density at radius 2 is 1.83 bits per heavy atom. The van der Waals surface area contributed by atoms with Gasteiger partial charge < -0.3 is 4.74 Å². The fraction of sp³-hybridized carbons (Fsp3) is 0.381. The Balaban J connectivity index is 1.47. The molecule has 3 atom stereocenters. The first-order valence-corrected chi connectivity index (χ1v) is 9.54. The molecule has 3 heterocycles. The Labute approximate surface area is 166 Å². The summed E-state index contributed by atoms with van der Waals surface area (Å²) in [6, 6.07) is 3.82. The van der Waals surface area contributed by atoms with E-state index >= 15 is 0 Å².